The summed E-state index contributed by atoms with van der Waals surface area (Å²) in [6, 6.07) is 2.04. The highest BCUT2D eigenvalue weighted by Gasteiger charge is 2.45. The maximum Gasteiger partial charge on any atom is 0.586 e. The largest absolute Gasteiger partial charge is 0.586 e. The summed E-state index contributed by atoms with van der Waals surface area (Å²) < 4.78 is 34.2. The summed E-state index contributed by atoms with van der Waals surface area (Å²) in [5.41, 5.74) is -0.234. The van der Waals surface area contributed by atoms with Crippen molar-refractivity contribution in [1.29, 1.82) is 0 Å². The summed E-state index contributed by atoms with van der Waals surface area (Å²) in [6.45, 7) is 1.20. The molecule has 0 aromatic heterocycles. The number of hydrogen-bond donors (Lipinski definition) is 1. The molecule has 0 fully saturated rings. The second-order valence-electron chi connectivity index (χ2n) is 3.60. The second kappa shape index (κ2) is 4.34. The van der Waals surface area contributed by atoms with Crippen molar-refractivity contribution in [3.05, 3.63) is 17.0 Å². The van der Waals surface area contributed by atoms with Gasteiger partial charge in [0.25, 0.3) is 4.92 Å². The van der Waals surface area contributed by atoms with Crippen LogP contribution in [0.5, 0.6) is 11.5 Å². The van der Waals surface area contributed by atoms with Crippen LogP contribution < -0.4 is 14.8 Å². The number of anilines is 1. The number of ether oxygens (including phenoxy) is 2. The third-order valence-electron chi connectivity index (χ3n) is 2.19. The maximum absolute atomic E-state index is 12.9. The van der Waals surface area contributed by atoms with Gasteiger partial charge in [0.2, 0.25) is 5.91 Å². The molecule has 0 radical (unpaired) electrons. The van der Waals surface area contributed by atoms with Crippen molar-refractivity contribution in [2.75, 3.05) is 12.4 Å². The van der Waals surface area contributed by atoms with Crippen LogP contribution in [0, 0.1) is 4.91 Å². The first-order valence-corrected chi connectivity index (χ1v) is 5.05. The number of halogens is 2. The number of alkyl halides is 2. The number of carbonyl (C=O) groups excluding carboxylic acids is 1. The Bertz CT molecular complexity index is 561. The summed E-state index contributed by atoms with van der Waals surface area (Å²) in [7, 11) is 1.09. The molecule has 9 heteroatoms. The summed E-state index contributed by atoms with van der Waals surface area (Å²) in [5, 5.41) is 2.30. The fourth-order valence-corrected chi connectivity index (χ4v) is 1.52. The zero-order valence-corrected chi connectivity index (χ0v) is 9.90. The van der Waals surface area contributed by atoms with E-state index in [0.29, 0.717) is 0 Å². The Morgan fingerprint density at radius 3 is 2.47 bits per heavy atom. The van der Waals surface area contributed by atoms with Gasteiger partial charge in [-0.1, -0.05) is 0 Å². The minimum absolute atomic E-state index is 0.0376. The van der Waals surface area contributed by atoms with Crippen molar-refractivity contribution >= 4 is 17.3 Å². The van der Waals surface area contributed by atoms with Crippen LogP contribution in [0.4, 0.5) is 20.2 Å². The third kappa shape index (κ3) is 2.54. The van der Waals surface area contributed by atoms with Gasteiger partial charge in [-0.15, -0.1) is 8.78 Å². The Morgan fingerprint density at radius 1 is 1.37 bits per heavy atom. The molecule has 102 valence electrons. The van der Waals surface area contributed by atoms with Crippen molar-refractivity contribution in [3.63, 3.8) is 0 Å². The average Bonchev–Trinajstić information content (AvgIpc) is 2.59. The van der Waals surface area contributed by atoms with Crippen molar-refractivity contribution in [2.45, 2.75) is 13.2 Å². The predicted molar refractivity (Wildman–Crippen MR) is 57.2 cm³/mol. The standard InChI is InChI=1S/C10H8F2N2O5/c1-5(15)13-6-3-8-9(19-10(11,12)18-8)4-7(6)14(16)17-2/h3-4H,1-2H3/p+1. The van der Waals surface area contributed by atoms with Crippen LogP contribution in [0.2, 0.25) is 0 Å². The number of hydrogen-bond acceptors (Lipinski definition) is 5. The van der Waals surface area contributed by atoms with Gasteiger partial charge >= 0.3 is 12.0 Å². The van der Waals surface area contributed by atoms with E-state index in [1.54, 1.807) is 0 Å². The van der Waals surface area contributed by atoms with E-state index in [4.69, 9.17) is 0 Å². The first-order valence-electron chi connectivity index (χ1n) is 5.05. The molecule has 0 spiro atoms. The van der Waals surface area contributed by atoms with Crippen LogP contribution in [0.3, 0.4) is 0 Å². The molecule has 0 saturated heterocycles. The van der Waals surface area contributed by atoms with Gasteiger partial charge in [-0.25, -0.2) is 4.84 Å². The summed E-state index contributed by atoms with van der Waals surface area (Å²) in [6.07, 6.45) is -3.81. The van der Waals surface area contributed by atoms with E-state index in [-0.39, 0.29) is 27.8 Å². The molecule has 0 atom stereocenters. The van der Waals surface area contributed by atoms with E-state index in [2.05, 4.69) is 19.6 Å². The smallest absolute Gasteiger partial charge is 0.395 e. The van der Waals surface area contributed by atoms with Gasteiger partial charge in [0, 0.05) is 13.0 Å². The minimum Gasteiger partial charge on any atom is -0.395 e. The number of rotatable bonds is 3. The van der Waals surface area contributed by atoms with Gasteiger partial charge in [0.05, 0.1) is 11.0 Å². The number of nitrogens with zero attached hydrogens (tertiary/aromatic N) is 1. The lowest BCUT2D eigenvalue weighted by Gasteiger charge is -2.04. The van der Waals surface area contributed by atoms with E-state index in [1.165, 1.54) is 6.92 Å². The fourth-order valence-electron chi connectivity index (χ4n) is 1.52. The van der Waals surface area contributed by atoms with Gasteiger partial charge in [-0.2, -0.15) is 0 Å². The highest BCUT2D eigenvalue weighted by molar-refractivity contribution is 5.92. The molecule has 19 heavy (non-hydrogen) atoms. The molecule has 1 amide bonds. The number of fused-ring (bicyclic) bond motifs is 1. The second-order valence-corrected chi connectivity index (χ2v) is 3.60. The van der Waals surface area contributed by atoms with E-state index in [1.807, 2.05) is 0 Å². The number of benzene rings is 1. The lowest BCUT2D eigenvalue weighted by Crippen LogP contribution is -2.25. The first-order chi connectivity index (χ1) is 8.82. The summed E-state index contributed by atoms with van der Waals surface area (Å²) in [5.74, 6) is -1.11. The van der Waals surface area contributed by atoms with Crippen LogP contribution in [0.15, 0.2) is 12.1 Å². The van der Waals surface area contributed by atoms with Crippen molar-refractivity contribution in [3.8, 4) is 11.5 Å². The molecule has 0 aliphatic carbocycles. The molecule has 1 aliphatic rings. The third-order valence-corrected chi connectivity index (χ3v) is 2.19. The fraction of sp³-hybridized carbons (Fsp3) is 0.300. The van der Waals surface area contributed by atoms with Gasteiger partial charge in [-0.3, -0.25) is 4.79 Å². The highest BCUT2D eigenvalue weighted by atomic mass is 19.3. The predicted octanol–water partition coefficient (Wildman–Crippen LogP) is 1.94. The Kier molecular flexibility index (Phi) is 2.97. The molecule has 0 bridgehead atoms. The number of carbonyl (C=O) groups is 1. The Labute approximate surface area is 105 Å². The van der Waals surface area contributed by atoms with Crippen LogP contribution in [0.1, 0.15) is 6.92 Å². The van der Waals surface area contributed by atoms with Crippen molar-refractivity contribution in [1.82, 2.24) is 0 Å². The molecule has 1 N–H and O–H groups in total. The monoisotopic (exact) mass is 275 g/mol. The summed E-state index contributed by atoms with van der Waals surface area (Å²) in [4.78, 5) is 26.9. The molecule has 1 aromatic carbocycles. The van der Waals surface area contributed by atoms with E-state index in [0.717, 1.165) is 19.2 Å². The molecule has 7 nitrogen and oxygen atoms in total. The van der Waals surface area contributed by atoms with Gasteiger partial charge in [-0.05, 0) is 0 Å². The Balaban J connectivity index is 2.48. The molecule has 1 heterocycles. The molecule has 0 saturated carbocycles. The molecule has 0 unspecified atom stereocenters. The summed E-state index contributed by atoms with van der Waals surface area (Å²) >= 11 is 0. The number of amides is 1. The highest BCUT2D eigenvalue weighted by Crippen LogP contribution is 2.46. The lowest BCUT2D eigenvalue weighted by atomic mass is 10.2. The van der Waals surface area contributed by atoms with Gasteiger partial charge < -0.3 is 14.8 Å². The average molecular weight is 275 g/mol. The van der Waals surface area contributed by atoms with Crippen LogP contribution in [-0.2, 0) is 9.63 Å². The quantitative estimate of drug-likeness (QED) is 0.853. The molecule has 1 aliphatic heterocycles. The van der Waals surface area contributed by atoms with Crippen LogP contribution in [-0.4, -0.2) is 24.2 Å². The molecular weight excluding hydrogens is 266 g/mol. The van der Waals surface area contributed by atoms with Crippen LogP contribution in [0.25, 0.3) is 0 Å². The number of nitrogens with one attached hydrogen (secondary N) is 1. The van der Waals surface area contributed by atoms with Gasteiger partial charge in [0.15, 0.2) is 18.6 Å². The first kappa shape index (κ1) is 13.0. The van der Waals surface area contributed by atoms with Crippen molar-refractivity contribution < 1.29 is 32.8 Å². The lowest BCUT2D eigenvalue weighted by molar-refractivity contribution is -0.736. The normalized spacial score (nSPS) is 14.9. The van der Waals surface area contributed by atoms with E-state index >= 15 is 0 Å². The Hall–Kier alpha value is -2.45. The maximum atomic E-state index is 12.9. The molecule has 1 aromatic rings. The molecular formula is C10H9F2N2O5+. The molecule has 2 rings (SSSR count). The van der Waals surface area contributed by atoms with Crippen LogP contribution >= 0.6 is 0 Å². The zero-order chi connectivity index (χ0) is 14.2. The van der Waals surface area contributed by atoms with E-state index < -0.39 is 12.2 Å². The van der Waals surface area contributed by atoms with Crippen molar-refractivity contribution in [2.24, 2.45) is 0 Å². The topological polar surface area (TPSA) is 76.9 Å². The Morgan fingerprint density at radius 2 is 1.95 bits per heavy atom. The zero-order valence-electron chi connectivity index (χ0n) is 9.90. The minimum atomic E-state index is -3.81. The van der Waals surface area contributed by atoms with E-state index in [9.17, 15) is 18.5 Å². The van der Waals surface area contributed by atoms with Gasteiger partial charge in [0.1, 0.15) is 5.69 Å². The SMILES string of the molecule is CO[N+](=O)c1cc2c(cc1NC(C)=O)OC(F)(F)O2.